The van der Waals surface area contributed by atoms with E-state index in [9.17, 15) is 4.79 Å². The van der Waals surface area contributed by atoms with Crippen LogP contribution < -0.4 is 0 Å². The number of amides is 1. The number of nitrogens with zero attached hydrogens (tertiary/aromatic N) is 2. The number of fused-ring (bicyclic) bond motifs is 1. The largest absolute Gasteiger partial charge is 0.361 e. The maximum Gasteiger partial charge on any atom is 0.253 e. The number of H-pyrrole nitrogens is 1. The van der Waals surface area contributed by atoms with Crippen molar-refractivity contribution in [3.05, 3.63) is 36.0 Å². The van der Waals surface area contributed by atoms with Crippen molar-refractivity contribution < 1.29 is 4.79 Å². The molecular formula is C15H17N3O. The van der Waals surface area contributed by atoms with Gasteiger partial charge in [-0.3, -0.25) is 4.79 Å². The Morgan fingerprint density at radius 2 is 2.26 bits per heavy atom. The Morgan fingerprint density at radius 1 is 1.47 bits per heavy atom. The molecule has 0 aliphatic rings. The van der Waals surface area contributed by atoms with Crippen LogP contribution in [-0.4, -0.2) is 28.9 Å². The van der Waals surface area contributed by atoms with Gasteiger partial charge in [0.1, 0.15) is 0 Å². The Bertz CT molecular complexity index is 624. The van der Waals surface area contributed by atoms with E-state index in [0.717, 1.165) is 10.9 Å². The van der Waals surface area contributed by atoms with Crippen LogP contribution in [0.15, 0.2) is 30.5 Å². The first-order valence-electron chi connectivity index (χ1n) is 6.41. The molecule has 19 heavy (non-hydrogen) atoms. The number of aromatic nitrogens is 1. The van der Waals surface area contributed by atoms with Crippen LogP contribution in [-0.2, 0) is 0 Å². The van der Waals surface area contributed by atoms with E-state index in [1.165, 1.54) is 0 Å². The van der Waals surface area contributed by atoms with Crippen LogP contribution in [0.2, 0.25) is 0 Å². The number of benzene rings is 1. The number of nitrogens with one attached hydrogen (secondary N) is 1. The number of hydrogen-bond donors (Lipinski definition) is 1. The highest BCUT2D eigenvalue weighted by atomic mass is 16.2. The van der Waals surface area contributed by atoms with Crippen molar-refractivity contribution in [3.63, 3.8) is 0 Å². The lowest BCUT2D eigenvalue weighted by molar-refractivity contribution is 0.0753. The summed E-state index contributed by atoms with van der Waals surface area (Å²) in [5, 5.41) is 9.94. The molecule has 1 N–H and O–H groups in total. The predicted octanol–water partition coefficient (Wildman–Crippen LogP) is 2.79. The van der Waals surface area contributed by atoms with Crippen molar-refractivity contribution in [1.29, 1.82) is 5.26 Å². The van der Waals surface area contributed by atoms with Crippen LogP contribution in [0.1, 0.15) is 24.2 Å². The topological polar surface area (TPSA) is 59.9 Å². The maximum absolute atomic E-state index is 12.4. The SMILES string of the molecule is CCN(CC(C)C#N)C(=O)c1ccc2cc[nH]c2c1. The summed E-state index contributed by atoms with van der Waals surface area (Å²) in [4.78, 5) is 17.2. The fourth-order valence-electron chi connectivity index (χ4n) is 2.09. The summed E-state index contributed by atoms with van der Waals surface area (Å²) in [7, 11) is 0. The quantitative estimate of drug-likeness (QED) is 0.913. The second kappa shape index (κ2) is 5.57. The van der Waals surface area contributed by atoms with Crippen molar-refractivity contribution in [2.45, 2.75) is 13.8 Å². The smallest absolute Gasteiger partial charge is 0.253 e. The molecule has 2 rings (SSSR count). The molecule has 4 heteroatoms. The van der Waals surface area contributed by atoms with E-state index in [4.69, 9.17) is 5.26 Å². The van der Waals surface area contributed by atoms with Gasteiger partial charge in [0.2, 0.25) is 0 Å². The molecule has 1 heterocycles. The summed E-state index contributed by atoms with van der Waals surface area (Å²) in [6.07, 6.45) is 1.86. The van der Waals surface area contributed by atoms with E-state index in [1.807, 2.05) is 44.3 Å². The number of rotatable bonds is 4. The highest BCUT2D eigenvalue weighted by Crippen LogP contribution is 2.16. The first kappa shape index (κ1) is 13.2. The van der Waals surface area contributed by atoms with E-state index in [1.54, 1.807) is 4.90 Å². The molecule has 1 aromatic heterocycles. The zero-order chi connectivity index (χ0) is 13.8. The zero-order valence-electron chi connectivity index (χ0n) is 11.2. The molecule has 1 aromatic carbocycles. The van der Waals surface area contributed by atoms with Crippen LogP contribution in [0, 0.1) is 17.2 Å². The van der Waals surface area contributed by atoms with Crippen molar-refractivity contribution in [1.82, 2.24) is 9.88 Å². The molecule has 4 nitrogen and oxygen atoms in total. The Labute approximate surface area is 112 Å². The molecule has 0 spiro atoms. The fourth-order valence-corrected chi connectivity index (χ4v) is 2.09. The molecule has 0 saturated carbocycles. The highest BCUT2D eigenvalue weighted by molar-refractivity contribution is 5.97. The van der Waals surface area contributed by atoms with Gasteiger partial charge in [0, 0.05) is 30.4 Å². The summed E-state index contributed by atoms with van der Waals surface area (Å²) in [5.74, 6) is -0.181. The minimum atomic E-state index is -0.155. The van der Waals surface area contributed by atoms with Gasteiger partial charge in [0.15, 0.2) is 0 Å². The maximum atomic E-state index is 12.4. The fraction of sp³-hybridized carbons (Fsp3) is 0.333. The number of carbonyl (C=O) groups excluding carboxylic acids is 1. The molecule has 2 aromatic rings. The minimum absolute atomic E-state index is 0.0268. The Hall–Kier alpha value is -2.28. The van der Waals surface area contributed by atoms with Crippen LogP contribution in [0.25, 0.3) is 10.9 Å². The number of carbonyl (C=O) groups is 1. The van der Waals surface area contributed by atoms with E-state index >= 15 is 0 Å². The lowest BCUT2D eigenvalue weighted by Gasteiger charge is -2.22. The molecule has 0 fully saturated rings. The molecule has 0 aliphatic carbocycles. The van der Waals surface area contributed by atoms with E-state index in [-0.39, 0.29) is 11.8 Å². The molecular weight excluding hydrogens is 238 g/mol. The van der Waals surface area contributed by atoms with E-state index in [2.05, 4.69) is 11.1 Å². The summed E-state index contributed by atoms with van der Waals surface area (Å²) >= 11 is 0. The lowest BCUT2D eigenvalue weighted by atomic mass is 10.1. The monoisotopic (exact) mass is 255 g/mol. The van der Waals surface area contributed by atoms with Crippen LogP contribution in [0.4, 0.5) is 0 Å². The van der Waals surface area contributed by atoms with Crippen molar-refractivity contribution in [2.75, 3.05) is 13.1 Å². The van der Waals surface area contributed by atoms with Crippen molar-refractivity contribution >= 4 is 16.8 Å². The van der Waals surface area contributed by atoms with Gasteiger partial charge in [-0.1, -0.05) is 6.07 Å². The van der Waals surface area contributed by atoms with E-state index in [0.29, 0.717) is 18.7 Å². The molecule has 1 amide bonds. The lowest BCUT2D eigenvalue weighted by Crippen LogP contribution is -2.34. The first-order chi connectivity index (χ1) is 9.15. The highest BCUT2D eigenvalue weighted by Gasteiger charge is 2.16. The first-order valence-corrected chi connectivity index (χ1v) is 6.41. The molecule has 0 saturated heterocycles. The molecule has 0 bridgehead atoms. The van der Waals surface area contributed by atoms with Gasteiger partial charge < -0.3 is 9.88 Å². The normalized spacial score (nSPS) is 12.1. The summed E-state index contributed by atoms with van der Waals surface area (Å²) in [6.45, 7) is 4.82. The van der Waals surface area contributed by atoms with Crippen LogP contribution >= 0.6 is 0 Å². The van der Waals surface area contributed by atoms with Gasteiger partial charge in [0.05, 0.1) is 12.0 Å². The molecule has 0 aliphatic heterocycles. The minimum Gasteiger partial charge on any atom is -0.361 e. The molecule has 1 unspecified atom stereocenters. The Kier molecular flexibility index (Phi) is 3.86. The van der Waals surface area contributed by atoms with Crippen LogP contribution in [0.3, 0.4) is 0 Å². The van der Waals surface area contributed by atoms with Gasteiger partial charge in [-0.2, -0.15) is 5.26 Å². The van der Waals surface area contributed by atoms with Crippen molar-refractivity contribution in [3.8, 4) is 6.07 Å². The standard InChI is InChI=1S/C15H17N3O/c1-3-18(10-11(2)9-16)15(19)13-5-4-12-6-7-17-14(12)8-13/h4-8,11,17H,3,10H2,1-2H3. The van der Waals surface area contributed by atoms with E-state index < -0.39 is 0 Å². The molecule has 0 radical (unpaired) electrons. The Morgan fingerprint density at radius 3 is 2.95 bits per heavy atom. The van der Waals surface area contributed by atoms with Gasteiger partial charge in [-0.05, 0) is 37.4 Å². The summed E-state index contributed by atoms with van der Waals surface area (Å²) in [5.41, 5.74) is 1.61. The van der Waals surface area contributed by atoms with Crippen molar-refractivity contribution in [2.24, 2.45) is 5.92 Å². The van der Waals surface area contributed by atoms with Gasteiger partial charge >= 0.3 is 0 Å². The third kappa shape index (κ3) is 2.76. The van der Waals surface area contributed by atoms with Crippen LogP contribution in [0.5, 0.6) is 0 Å². The third-order valence-electron chi connectivity index (χ3n) is 3.19. The zero-order valence-corrected chi connectivity index (χ0v) is 11.2. The second-order valence-corrected chi connectivity index (χ2v) is 4.65. The van der Waals surface area contributed by atoms with Gasteiger partial charge in [-0.25, -0.2) is 0 Å². The number of aromatic amines is 1. The summed E-state index contributed by atoms with van der Waals surface area (Å²) in [6, 6.07) is 9.75. The average Bonchev–Trinajstić information content (AvgIpc) is 2.90. The third-order valence-corrected chi connectivity index (χ3v) is 3.19. The van der Waals surface area contributed by atoms with Gasteiger partial charge in [0.25, 0.3) is 5.91 Å². The number of nitriles is 1. The summed E-state index contributed by atoms with van der Waals surface area (Å²) < 4.78 is 0. The Balaban J connectivity index is 2.23. The second-order valence-electron chi connectivity index (χ2n) is 4.65. The number of hydrogen-bond acceptors (Lipinski definition) is 2. The van der Waals surface area contributed by atoms with Gasteiger partial charge in [-0.15, -0.1) is 0 Å². The molecule has 98 valence electrons. The average molecular weight is 255 g/mol. The predicted molar refractivity (Wildman–Crippen MR) is 74.7 cm³/mol. The molecule has 1 atom stereocenters.